The van der Waals surface area contributed by atoms with Gasteiger partial charge in [-0.1, -0.05) is 23.7 Å². The number of para-hydroxylation sites is 1. The van der Waals surface area contributed by atoms with Crippen molar-refractivity contribution in [1.82, 2.24) is 25.5 Å². The van der Waals surface area contributed by atoms with E-state index in [4.69, 9.17) is 30.5 Å². The topological polar surface area (TPSA) is 169 Å². The molecule has 0 unspecified atom stereocenters. The van der Waals surface area contributed by atoms with Crippen LogP contribution in [0.25, 0.3) is 0 Å². The average molecular weight is 787 g/mol. The highest BCUT2D eigenvalue weighted by atomic mass is 35.5. The van der Waals surface area contributed by atoms with Gasteiger partial charge in [-0.15, -0.1) is 0 Å². The first-order valence-electron chi connectivity index (χ1n) is 18.3. The molecule has 2 aliphatic heterocycles. The minimum absolute atomic E-state index is 0.0328. The Bertz CT molecular complexity index is 1730. The number of anilines is 5. The lowest BCUT2D eigenvalue weighted by Gasteiger charge is -2.36. The summed E-state index contributed by atoms with van der Waals surface area (Å²) in [6.07, 6.45) is 3.73. The van der Waals surface area contributed by atoms with Crippen LogP contribution >= 0.6 is 18.7 Å². The van der Waals surface area contributed by atoms with Crippen LogP contribution in [-0.4, -0.2) is 132 Å². The van der Waals surface area contributed by atoms with Crippen LogP contribution in [0.5, 0.6) is 5.75 Å². The van der Waals surface area contributed by atoms with Crippen molar-refractivity contribution in [3.63, 3.8) is 0 Å². The number of aromatic nitrogens is 2. The van der Waals surface area contributed by atoms with Crippen molar-refractivity contribution in [1.29, 1.82) is 0 Å². The van der Waals surface area contributed by atoms with Gasteiger partial charge >= 0.3 is 0 Å². The molecule has 15 nitrogen and oxygen atoms in total. The van der Waals surface area contributed by atoms with E-state index >= 15 is 0 Å². The molecule has 0 radical (unpaired) electrons. The molecule has 0 saturated carbocycles. The number of carbonyl (C=O) groups excluding carboxylic acids is 2. The van der Waals surface area contributed by atoms with Crippen molar-refractivity contribution in [3.05, 3.63) is 53.7 Å². The van der Waals surface area contributed by atoms with Gasteiger partial charge in [-0.2, -0.15) is 4.98 Å². The van der Waals surface area contributed by atoms with Crippen molar-refractivity contribution in [2.24, 2.45) is 0 Å². The predicted molar refractivity (Wildman–Crippen MR) is 212 cm³/mol. The van der Waals surface area contributed by atoms with Gasteiger partial charge in [-0.25, -0.2) is 4.98 Å². The summed E-state index contributed by atoms with van der Waals surface area (Å²) in [7, 11) is -0.949. The van der Waals surface area contributed by atoms with Gasteiger partial charge in [0.2, 0.25) is 17.8 Å². The van der Waals surface area contributed by atoms with Gasteiger partial charge in [0.05, 0.1) is 76.8 Å². The van der Waals surface area contributed by atoms with E-state index in [0.717, 1.165) is 25.1 Å². The number of nitrogens with zero attached hydrogens (tertiary/aromatic N) is 4. The van der Waals surface area contributed by atoms with Crippen molar-refractivity contribution < 1.29 is 33.1 Å². The van der Waals surface area contributed by atoms with Crippen LogP contribution in [0.2, 0.25) is 5.02 Å². The molecule has 17 heteroatoms. The molecule has 3 heterocycles. The first kappa shape index (κ1) is 41.2. The number of halogens is 1. The Balaban J connectivity index is 0.983. The van der Waals surface area contributed by atoms with Crippen LogP contribution in [0, 0.1) is 0 Å². The largest absolute Gasteiger partial charge is 0.494 e. The van der Waals surface area contributed by atoms with E-state index in [1.165, 1.54) is 6.20 Å². The number of ether oxygens (including phenoxy) is 4. The first-order chi connectivity index (χ1) is 26.1. The Morgan fingerprint density at radius 2 is 1.67 bits per heavy atom. The lowest BCUT2D eigenvalue weighted by molar-refractivity contribution is -0.132. The Labute approximate surface area is 322 Å². The molecular weight excluding hydrogens is 735 g/mol. The molecule has 2 fully saturated rings. The van der Waals surface area contributed by atoms with E-state index in [1.807, 2.05) is 47.4 Å². The third-order valence-electron chi connectivity index (χ3n) is 9.04. The highest BCUT2D eigenvalue weighted by molar-refractivity contribution is 7.70. The second kappa shape index (κ2) is 20.6. The van der Waals surface area contributed by atoms with Crippen molar-refractivity contribution in [3.8, 4) is 5.75 Å². The van der Waals surface area contributed by atoms with Crippen molar-refractivity contribution in [2.45, 2.75) is 25.3 Å². The summed E-state index contributed by atoms with van der Waals surface area (Å²) in [6, 6.07) is 13.2. The zero-order chi connectivity index (χ0) is 38.3. The molecule has 4 N–H and O–H groups in total. The van der Waals surface area contributed by atoms with E-state index < -0.39 is 7.14 Å². The summed E-state index contributed by atoms with van der Waals surface area (Å²) in [4.78, 5) is 37.8. The van der Waals surface area contributed by atoms with E-state index in [-0.39, 0.29) is 17.9 Å². The van der Waals surface area contributed by atoms with E-state index in [1.54, 1.807) is 20.4 Å². The normalized spacial score (nSPS) is 16.0. The van der Waals surface area contributed by atoms with Gasteiger partial charge < -0.3 is 54.6 Å². The van der Waals surface area contributed by atoms with Gasteiger partial charge in [0.15, 0.2) is 5.82 Å². The zero-order valence-corrected chi connectivity index (χ0v) is 32.9. The molecule has 54 heavy (non-hydrogen) atoms. The minimum Gasteiger partial charge on any atom is -0.494 e. The smallest absolute Gasteiger partial charge is 0.237 e. The lowest BCUT2D eigenvalue weighted by atomic mass is 10.2. The van der Waals surface area contributed by atoms with Gasteiger partial charge in [0.1, 0.15) is 17.9 Å². The maximum atomic E-state index is 12.8. The number of rotatable bonds is 20. The SMILES string of the molecule is COc1cc(N2CCN(C(=O)CCOCCOCCOCCNC(=O)[C@@H]3CCCN3)CC2)ccc1Nc1ncc(Cl)c(Nc2ccccc2P(C)(C)=O)n1. The second-order valence-electron chi connectivity index (χ2n) is 13.3. The molecule has 2 amide bonds. The summed E-state index contributed by atoms with van der Waals surface area (Å²) < 4.78 is 35.2. The van der Waals surface area contributed by atoms with Gasteiger partial charge in [-0.3, -0.25) is 9.59 Å². The molecule has 0 aliphatic carbocycles. The third kappa shape index (κ3) is 12.3. The fourth-order valence-corrected chi connectivity index (χ4v) is 7.44. The van der Waals surface area contributed by atoms with E-state index in [2.05, 4.69) is 36.1 Å². The Kier molecular flexibility index (Phi) is 15.7. The fraction of sp³-hybridized carbons (Fsp3) is 0.514. The minimum atomic E-state index is -2.55. The predicted octanol–water partition coefficient (Wildman–Crippen LogP) is 3.83. The van der Waals surface area contributed by atoms with Crippen molar-refractivity contribution in [2.75, 3.05) is 115 Å². The molecule has 0 spiro atoms. The van der Waals surface area contributed by atoms with Gasteiger partial charge in [0.25, 0.3) is 0 Å². The average Bonchev–Trinajstić information content (AvgIpc) is 3.72. The number of carbonyl (C=O) groups is 2. The van der Waals surface area contributed by atoms with Crippen molar-refractivity contribution >= 4 is 64.7 Å². The van der Waals surface area contributed by atoms with Gasteiger partial charge in [0, 0.05) is 49.8 Å². The molecule has 2 saturated heterocycles. The molecule has 3 aromatic rings. The fourth-order valence-electron chi connectivity index (χ4n) is 6.14. The quantitative estimate of drug-likeness (QED) is 0.0965. The molecule has 1 aromatic heterocycles. The van der Waals surface area contributed by atoms with E-state index in [0.29, 0.717) is 118 Å². The van der Waals surface area contributed by atoms with E-state index in [9.17, 15) is 14.2 Å². The molecule has 2 aromatic carbocycles. The summed E-state index contributed by atoms with van der Waals surface area (Å²) >= 11 is 6.43. The van der Waals surface area contributed by atoms with Crippen LogP contribution in [0.15, 0.2) is 48.7 Å². The highest BCUT2D eigenvalue weighted by Gasteiger charge is 2.23. The molecular formula is C37H52ClN8O7P. The zero-order valence-electron chi connectivity index (χ0n) is 31.3. The second-order valence-corrected chi connectivity index (χ2v) is 16.9. The Morgan fingerprint density at radius 3 is 2.37 bits per heavy atom. The van der Waals surface area contributed by atoms with Crippen LogP contribution in [-0.2, 0) is 28.4 Å². The first-order valence-corrected chi connectivity index (χ1v) is 21.3. The number of hydrogen-bond donors (Lipinski definition) is 4. The standard InChI is InChI=1S/C37H52ClN8O7P/c1-50-32-25-27(10-11-29(32)43-37-41-26-28(38)35(44-37)42-30-7-4-5-9-33(30)54(2,3)49)45-15-17-46(18-16-45)34(47)12-19-51-21-23-53-24-22-52-20-14-40-36(48)31-8-6-13-39-31/h4-5,7,9-11,25-26,31,39H,6,8,12-24H2,1-3H3,(H,40,48)(H2,41,42,43,44)/t31-/m0/s1. The number of nitrogens with one attached hydrogen (secondary N) is 4. The number of amides is 2. The monoisotopic (exact) mass is 786 g/mol. The maximum Gasteiger partial charge on any atom is 0.237 e. The van der Waals surface area contributed by atoms with Crippen LogP contribution in [0.4, 0.5) is 28.8 Å². The van der Waals surface area contributed by atoms with Crippen LogP contribution in [0.3, 0.4) is 0 Å². The summed E-state index contributed by atoms with van der Waals surface area (Å²) in [6.45, 7) is 9.86. The Hall–Kier alpha value is -3.98. The molecule has 294 valence electrons. The summed E-state index contributed by atoms with van der Waals surface area (Å²) in [5, 5.41) is 13.5. The molecule has 1 atom stereocenters. The summed E-state index contributed by atoms with van der Waals surface area (Å²) in [5.41, 5.74) is 2.31. The maximum absolute atomic E-state index is 12.8. The van der Waals surface area contributed by atoms with Crippen LogP contribution < -0.4 is 36.2 Å². The van der Waals surface area contributed by atoms with Gasteiger partial charge in [-0.05, 0) is 57.0 Å². The third-order valence-corrected chi connectivity index (χ3v) is 10.9. The van der Waals surface area contributed by atoms with Crippen LogP contribution in [0.1, 0.15) is 19.3 Å². The number of hydrogen-bond acceptors (Lipinski definition) is 13. The highest BCUT2D eigenvalue weighted by Crippen LogP contribution is 2.39. The number of piperazine rings is 1. The number of benzene rings is 2. The summed E-state index contributed by atoms with van der Waals surface area (Å²) in [5.74, 6) is 1.39. The lowest BCUT2D eigenvalue weighted by Crippen LogP contribution is -2.49. The number of methoxy groups -OCH3 is 1. The molecule has 5 rings (SSSR count). The molecule has 2 aliphatic rings. The molecule has 0 bridgehead atoms. The Morgan fingerprint density at radius 1 is 0.944 bits per heavy atom.